The molecule has 1 unspecified atom stereocenters. The van der Waals surface area contributed by atoms with Crippen molar-refractivity contribution in [2.45, 2.75) is 44.3 Å². The number of alkyl halides is 3. The zero-order valence-electron chi connectivity index (χ0n) is 11.4. The highest BCUT2D eigenvalue weighted by atomic mass is 19.4. The molecular formula is C14H17F3N2O2. The highest BCUT2D eigenvalue weighted by Crippen LogP contribution is 2.31. The Hall–Kier alpha value is -1.79. The average molecular weight is 302 g/mol. The van der Waals surface area contributed by atoms with Crippen LogP contribution in [0.4, 0.5) is 19.0 Å². The van der Waals surface area contributed by atoms with Crippen molar-refractivity contribution < 1.29 is 23.1 Å². The second kappa shape index (κ2) is 6.32. The van der Waals surface area contributed by atoms with Gasteiger partial charge in [0.05, 0.1) is 5.56 Å². The standard InChI is InChI=1S/C14H17F3N2O2/c15-14(16,17)10-4-6-12(18-9-10)19-8-2-1-3-11(19)5-7-13(20)21/h4,6,9,11H,1-3,5,7-8H2,(H,20,21). The number of pyridine rings is 1. The van der Waals surface area contributed by atoms with Crippen LogP contribution in [0.2, 0.25) is 0 Å². The summed E-state index contributed by atoms with van der Waals surface area (Å²) >= 11 is 0. The smallest absolute Gasteiger partial charge is 0.417 e. The summed E-state index contributed by atoms with van der Waals surface area (Å²) in [5.41, 5.74) is -0.773. The number of anilines is 1. The van der Waals surface area contributed by atoms with Gasteiger partial charge in [-0.1, -0.05) is 0 Å². The van der Waals surface area contributed by atoms with Gasteiger partial charge in [0.2, 0.25) is 0 Å². The van der Waals surface area contributed by atoms with Gasteiger partial charge < -0.3 is 10.0 Å². The number of carboxylic acids is 1. The normalized spacial score (nSPS) is 19.6. The molecule has 2 rings (SSSR count). The van der Waals surface area contributed by atoms with Crippen LogP contribution in [0.15, 0.2) is 18.3 Å². The molecule has 0 amide bonds. The largest absolute Gasteiger partial charge is 0.481 e. The van der Waals surface area contributed by atoms with Crippen molar-refractivity contribution in [3.8, 4) is 0 Å². The van der Waals surface area contributed by atoms with Gasteiger partial charge in [0.25, 0.3) is 0 Å². The van der Waals surface area contributed by atoms with Crippen LogP contribution < -0.4 is 4.90 Å². The van der Waals surface area contributed by atoms with E-state index in [1.165, 1.54) is 6.07 Å². The van der Waals surface area contributed by atoms with Crippen LogP contribution >= 0.6 is 0 Å². The Bertz CT molecular complexity index is 488. The molecule has 0 bridgehead atoms. The number of hydrogen-bond acceptors (Lipinski definition) is 3. The molecule has 0 aromatic carbocycles. The van der Waals surface area contributed by atoms with E-state index < -0.39 is 17.7 Å². The maximum Gasteiger partial charge on any atom is 0.417 e. The Morgan fingerprint density at radius 1 is 1.38 bits per heavy atom. The van der Waals surface area contributed by atoms with Crippen molar-refractivity contribution in [3.63, 3.8) is 0 Å². The first-order valence-electron chi connectivity index (χ1n) is 6.89. The van der Waals surface area contributed by atoms with E-state index in [2.05, 4.69) is 4.98 Å². The Morgan fingerprint density at radius 2 is 2.14 bits per heavy atom. The SMILES string of the molecule is O=C(O)CCC1CCCCN1c1ccc(C(F)(F)F)cn1. The number of nitrogens with zero attached hydrogens (tertiary/aromatic N) is 2. The number of carboxylic acid groups (broad SMARTS) is 1. The molecule has 1 saturated heterocycles. The molecule has 116 valence electrons. The summed E-state index contributed by atoms with van der Waals surface area (Å²) in [6, 6.07) is 2.41. The summed E-state index contributed by atoms with van der Waals surface area (Å²) in [7, 11) is 0. The monoisotopic (exact) mass is 302 g/mol. The Balaban J connectivity index is 2.11. The van der Waals surface area contributed by atoms with Gasteiger partial charge in [0.15, 0.2) is 0 Å². The minimum atomic E-state index is -4.39. The van der Waals surface area contributed by atoms with Crippen LogP contribution in [-0.2, 0) is 11.0 Å². The van der Waals surface area contributed by atoms with Crippen molar-refractivity contribution in [3.05, 3.63) is 23.9 Å². The third-order valence-corrected chi connectivity index (χ3v) is 3.69. The number of carbonyl (C=O) groups is 1. The number of aliphatic carboxylic acids is 1. The summed E-state index contributed by atoms with van der Waals surface area (Å²) in [5.74, 6) is -0.376. The van der Waals surface area contributed by atoms with Crippen LogP contribution in [0.1, 0.15) is 37.7 Å². The molecule has 0 spiro atoms. The lowest BCUT2D eigenvalue weighted by molar-refractivity contribution is -0.138. The van der Waals surface area contributed by atoms with E-state index in [4.69, 9.17) is 5.11 Å². The molecule has 7 heteroatoms. The number of hydrogen-bond donors (Lipinski definition) is 1. The van der Waals surface area contributed by atoms with Gasteiger partial charge in [0.1, 0.15) is 5.82 Å². The molecule has 1 fully saturated rings. The fraction of sp³-hybridized carbons (Fsp3) is 0.571. The highest BCUT2D eigenvalue weighted by molar-refractivity contribution is 5.66. The molecule has 0 radical (unpaired) electrons. The topological polar surface area (TPSA) is 53.4 Å². The maximum atomic E-state index is 12.5. The summed E-state index contributed by atoms with van der Waals surface area (Å²) in [4.78, 5) is 16.5. The molecule has 1 atom stereocenters. The summed E-state index contributed by atoms with van der Waals surface area (Å²) in [5, 5.41) is 8.77. The van der Waals surface area contributed by atoms with Gasteiger partial charge in [-0.2, -0.15) is 13.2 Å². The molecule has 4 nitrogen and oxygen atoms in total. The molecule has 1 aromatic rings. The molecule has 1 aliphatic rings. The first-order chi connectivity index (χ1) is 9.88. The molecule has 0 aliphatic carbocycles. The lowest BCUT2D eigenvalue weighted by Crippen LogP contribution is -2.40. The van der Waals surface area contributed by atoms with E-state index in [0.717, 1.165) is 31.5 Å². The highest BCUT2D eigenvalue weighted by Gasteiger charge is 2.31. The van der Waals surface area contributed by atoms with E-state index in [0.29, 0.717) is 18.8 Å². The third-order valence-electron chi connectivity index (χ3n) is 3.69. The van der Waals surface area contributed by atoms with Gasteiger partial charge >= 0.3 is 12.1 Å². The zero-order chi connectivity index (χ0) is 15.5. The maximum absolute atomic E-state index is 12.5. The van der Waals surface area contributed by atoms with Crippen LogP contribution in [0.5, 0.6) is 0 Å². The van der Waals surface area contributed by atoms with E-state index in [9.17, 15) is 18.0 Å². The Morgan fingerprint density at radius 3 is 2.71 bits per heavy atom. The predicted octanol–water partition coefficient (Wildman–Crippen LogP) is 3.32. The molecule has 0 saturated carbocycles. The number of halogens is 3. The minimum absolute atomic E-state index is 0.0269. The molecule has 2 heterocycles. The average Bonchev–Trinajstić information content (AvgIpc) is 2.44. The fourth-order valence-electron chi connectivity index (χ4n) is 2.62. The third kappa shape index (κ3) is 4.09. The second-order valence-corrected chi connectivity index (χ2v) is 5.18. The zero-order valence-corrected chi connectivity index (χ0v) is 11.4. The van der Waals surface area contributed by atoms with Crippen molar-refractivity contribution in [1.29, 1.82) is 0 Å². The van der Waals surface area contributed by atoms with Crippen LogP contribution in [-0.4, -0.2) is 28.6 Å². The van der Waals surface area contributed by atoms with E-state index >= 15 is 0 Å². The molecule has 1 N–H and O–H groups in total. The van der Waals surface area contributed by atoms with Crippen LogP contribution in [0.3, 0.4) is 0 Å². The molecule has 21 heavy (non-hydrogen) atoms. The lowest BCUT2D eigenvalue weighted by Gasteiger charge is -2.36. The van der Waals surface area contributed by atoms with Gasteiger partial charge in [-0.05, 0) is 37.8 Å². The first kappa shape index (κ1) is 15.6. The number of rotatable bonds is 4. The van der Waals surface area contributed by atoms with E-state index in [1.807, 2.05) is 4.90 Å². The van der Waals surface area contributed by atoms with Crippen molar-refractivity contribution >= 4 is 11.8 Å². The van der Waals surface area contributed by atoms with Crippen molar-refractivity contribution in [2.24, 2.45) is 0 Å². The van der Waals surface area contributed by atoms with Gasteiger partial charge in [-0.25, -0.2) is 4.98 Å². The van der Waals surface area contributed by atoms with E-state index in [1.54, 1.807) is 0 Å². The predicted molar refractivity (Wildman–Crippen MR) is 71.1 cm³/mol. The number of piperidine rings is 1. The van der Waals surface area contributed by atoms with Crippen LogP contribution in [0.25, 0.3) is 0 Å². The summed E-state index contributed by atoms with van der Waals surface area (Å²) in [6.45, 7) is 0.697. The van der Waals surface area contributed by atoms with Crippen molar-refractivity contribution in [2.75, 3.05) is 11.4 Å². The molecular weight excluding hydrogens is 285 g/mol. The summed E-state index contributed by atoms with van der Waals surface area (Å²) < 4.78 is 37.6. The number of aromatic nitrogens is 1. The Labute approximate surface area is 120 Å². The molecule has 1 aliphatic heterocycles. The fourth-order valence-corrected chi connectivity index (χ4v) is 2.62. The minimum Gasteiger partial charge on any atom is -0.481 e. The van der Waals surface area contributed by atoms with Gasteiger partial charge in [-0.15, -0.1) is 0 Å². The first-order valence-corrected chi connectivity index (χ1v) is 6.89. The van der Waals surface area contributed by atoms with E-state index in [-0.39, 0.29) is 12.5 Å². The quantitative estimate of drug-likeness (QED) is 0.927. The van der Waals surface area contributed by atoms with Crippen LogP contribution in [0, 0.1) is 0 Å². The lowest BCUT2D eigenvalue weighted by atomic mass is 9.98. The molecule has 1 aromatic heterocycles. The van der Waals surface area contributed by atoms with Gasteiger partial charge in [0, 0.05) is 25.2 Å². The van der Waals surface area contributed by atoms with Gasteiger partial charge in [-0.3, -0.25) is 4.79 Å². The van der Waals surface area contributed by atoms with Crippen molar-refractivity contribution in [1.82, 2.24) is 4.98 Å². The summed E-state index contributed by atoms with van der Waals surface area (Å²) in [6.07, 6.45) is -0.238. The Kier molecular flexibility index (Phi) is 4.69. The second-order valence-electron chi connectivity index (χ2n) is 5.18.